The minimum atomic E-state index is 0.462. The molecule has 0 atom stereocenters. The van der Waals surface area contributed by atoms with Gasteiger partial charge in [-0.1, -0.05) is 50.2 Å². The number of rotatable bonds is 3. The van der Waals surface area contributed by atoms with Crippen molar-refractivity contribution in [3.63, 3.8) is 0 Å². The first-order valence-electron chi connectivity index (χ1n) is 9.68. The Kier molecular flexibility index (Phi) is 6.09. The minimum Gasteiger partial charge on any atom is -0.123 e. The van der Waals surface area contributed by atoms with E-state index in [2.05, 4.69) is 6.08 Å². The molecule has 1 heteroatoms. The zero-order valence-electron chi connectivity index (χ0n) is 13.7. The molecule has 0 bridgehead atoms. The first-order chi connectivity index (χ1) is 10.3. The number of halogens is 1. The van der Waals surface area contributed by atoms with Crippen LogP contribution in [0.3, 0.4) is 0 Å². The highest BCUT2D eigenvalue weighted by atomic mass is 35.5. The van der Waals surface area contributed by atoms with E-state index < -0.39 is 0 Å². The summed E-state index contributed by atoms with van der Waals surface area (Å²) in [6.07, 6.45) is 22.7. The Labute approximate surface area is 136 Å². The van der Waals surface area contributed by atoms with E-state index in [-0.39, 0.29) is 0 Å². The van der Waals surface area contributed by atoms with Gasteiger partial charge in [0.2, 0.25) is 0 Å². The SMILES string of the molecule is ClC1CCC(C(=CC2CCCCC2)C2CCCCC2)CC1. The molecule has 0 unspecified atom stereocenters. The summed E-state index contributed by atoms with van der Waals surface area (Å²) in [5, 5.41) is 0.462. The van der Waals surface area contributed by atoms with Gasteiger partial charge in [-0.05, 0) is 69.1 Å². The van der Waals surface area contributed by atoms with Crippen LogP contribution in [-0.4, -0.2) is 5.38 Å². The smallest absolute Gasteiger partial charge is 0.0336 e. The normalized spacial score (nSPS) is 34.0. The monoisotopic (exact) mass is 308 g/mol. The van der Waals surface area contributed by atoms with Crippen molar-refractivity contribution >= 4 is 11.6 Å². The lowest BCUT2D eigenvalue weighted by Crippen LogP contribution is -2.23. The first-order valence-corrected chi connectivity index (χ1v) is 10.1. The fraction of sp³-hybridized carbons (Fsp3) is 0.900. The fourth-order valence-electron chi connectivity index (χ4n) is 5.00. The summed E-state index contributed by atoms with van der Waals surface area (Å²) in [6.45, 7) is 0. The van der Waals surface area contributed by atoms with Crippen LogP contribution in [0.2, 0.25) is 0 Å². The first kappa shape index (κ1) is 15.9. The van der Waals surface area contributed by atoms with E-state index in [9.17, 15) is 0 Å². The molecule has 0 aromatic heterocycles. The van der Waals surface area contributed by atoms with E-state index in [0.29, 0.717) is 5.38 Å². The van der Waals surface area contributed by atoms with Crippen molar-refractivity contribution in [2.45, 2.75) is 95.3 Å². The van der Waals surface area contributed by atoms with Crippen molar-refractivity contribution in [3.8, 4) is 0 Å². The summed E-state index contributed by atoms with van der Waals surface area (Å²) in [7, 11) is 0. The Morgan fingerprint density at radius 2 is 1.14 bits per heavy atom. The predicted molar refractivity (Wildman–Crippen MR) is 92.8 cm³/mol. The van der Waals surface area contributed by atoms with Crippen molar-refractivity contribution in [1.29, 1.82) is 0 Å². The Balaban J connectivity index is 1.71. The van der Waals surface area contributed by atoms with E-state index in [1.54, 1.807) is 0 Å². The van der Waals surface area contributed by atoms with E-state index in [0.717, 1.165) is 17.8 Å². The molecule has 0 N–H and O–H groups in total. The van der Waals surface area contributed by atoms with Crippen LogP contribution >= 0.6 is 11.6 Å². The summed E-state index contributed by atoms with van der Waals surface area (Å²) in [6, 6.07) is 0. The van der Waals surface area contributed by atoms with Gasteiger partial charge in [-0.25, -0.2) is 0 Å². The van der Waals surface area contributed by atoms with Gasteiger partial charge < -0.3 is 0 Å². The second kappa shape index (κ2) is 8.04. The van der Waals surface area contributed by atoms with Gasteiger partial charge in [0.15, 0.2) is 0 Å². The Morgan fingerprint density at radius 1 is 0.619 bits per heavy atom. The number of allylic oxidation sites excluding steroid dienone is 2. The molecule has 0 amide bonds. The average molecular weight is 309 g/mol. The van der Waals surface area contributed by atoms with Crippen LogP contribution in [0.4, 0.5) is 0 Å². The van der Waals surface area contributed by atoms with Crippen LogP contribution in [0.25, 0.3) is 0 Å². The minimum absolute atomic E-state index is 0.462. The van der Waals surface area contributed by atoms with Gasteiger partial charge in [0.05, 0.1) is 0 Å². The Bertz CT molecular complexity index is 326. The summed E-state index contributed by atoms with van der Waals surface area (Å²) in [5.74, 6) is 2.71. The highest BCUT2D eigenvalue weighted by Gasteiger charge is 2.29. The van der Waals surface area contributed by atoms with E-state index >= 15 is 0 Å². The maximum atomic E-state index is 6.34. The maximum absolute atomic E-state index is 6.34. The highest BCUT2D eigenvalue weighted by Crippen LogP contribution is 2.42. The third-order valence-corrected chi connectivity index (χ3v) is 6.72. The standard InChI is InChI=1S/C20H33Cl/c21-19-13-11-18(12-14-19)20(17-9-5-2-6-10-17)15-16-7-3-1-4-8-16/h15-19H,1-14H2. The molecule has 0 saturated heterocycles. The quantitative estimate of drug-likeness (QED) is 0.394. The summed E-state index contributed by atoms with van der Waals surface area (Å²) in [5.41, 5.74) is 1.89. The van der Waals surface area contributed by atoms with Crippen molar-refractivity contribution in [1.82, 2.24) is 0 Å². The molecule has 0 aliphatic heterocycles. The van der Waals surface area contributed by atoms with Crippen LogP contribution in [0, 0.1) is 17.8 Å². The molecule has 3 aliphatic carbocycles. The largest absolute Gasteiger partial charge is 0.123 e. The van der Waals surface area contributed by atoms with Crippen molar-refractivity contribution in [2.24, 2.45) is 17.8 Å². The van der Waals surface area contributed by atoms with Gasteiger partial charge in [0.1, 0.15) is 0 Å². The molecule has 0 radical (unpaired) electrons. The van der Waals surface area contributed by atoms with Crippen LogP contribution in [0.1, 0.15) is 89.9 Å². The summed E-state index contributed by atoms with van der Waals surface area (Å²) in [4.78, 5) is 0. The molecule has 0 heterocycles. The molecule has 3 saturated carbocycles. The lowest BCUT2D eigenvalue weighted by molar-refractivity contribution is 0.320. The lowest BCUT2D eigenvalue weighted by atomic mass is 9.72. The molecule has 0 aromatic carbocycles. The third kappa shape index (κ3) is 4.50. The lowest BCUT2D eigenvalue weighted by Gasteiger charge is -2.35. The van der Waals surface area contributed by atoms with Gasteiger partial charge in [-0.15, -0.1) is 11.6 Å². The summed E-state index contributed by atoms with van der Waals surface area (Å²) < 4.78 is 0. The van der Waals surface area contributed by atoms with Crippen molar-refractivity contribution < 1.29 is 0 Å². The Hall–Kier alpha value is 0.0300. The molecule has 120 valence electrons. The predicted octanol–water partition coefficient (Wildman–Crippen LogP) is 6.87. The second-order valence-electron chi connectivity index (χ2n) is 7.85. The second-order valence-corrected chi connectivity index (χ2v) is 8.47. The van der Waals surface area contributed by atoms with Crippen LogP contribution in [0.5, 0.6) is 0 Å². The zero-order chi connectivity index (χ0) is 14.5. The van der Waals surface area contributed by atoms with E-state index in [1.807, 2.05) is 5.57 Å². The zero-order valence-corrected chi connectivity index (χ0v) is 14.4. The maximum Gasteiger partial charge on any atom is 0.0336 e. The number of hydrogen-bond acceptors (Lipinski definition) is 0. The molecule has 3 rings (SSSR count). The molecular formula is C20H33Cl. The van der Waals surface area contributed by atoms with Gasteiger partial charge in [-0.3, -0.25) is 0 Å². The van der Waals surface area contributed by atoms with Crippen molar-refractivity contribution in [2.75, 3.05) is 0 Å². The molecule has 0 spiro atoms. The topological polar surface area (TPSA) is 0 Å². The van der Waals surface area contributed by atoms with Gasteiger partial charge >= 0.3 is 0 Å². The van der Waals surface area contributed by atoms with E-state index in [4.69, 9.17) is 11.6 Å². The van der Waals surface area contributed by atoms with Crippen molar-refractivity contribution in [3.05, 3.63) is 11.6 Å². The van der Waals surface area contributed by atoms with Crippen LogP contribution in [0.15, 0.2) is 11.6 Å². The molecule has 3 aliphatic rings. The molecule has 3 fully saturated rings. The van der Waals surface area contributed by atoms with Gasteiger partial charge in [-0.2, -0.15) is 0 Å². The molecule has 0 aromatic rings. The third-order valence-electron chi connectivity index (χ3n) is 6.28. The van der Waals surface area contributed by atoms with Crippen LogP contribution < -0.4 is 0 Å². The molecular weight excluding hydrogens is 276 g/mol. The molecule has 21 heavy (non-hydrogen) atoms. The number of alkyl halides is 1. The fourth-order valence-corrected chi connectivity index (χ4v) is 5.25. The highest BCUT2D eigenvalue weighted by molar-refractivity contribution is 6.20. The van der Waals surface area contributed by atoms with Crippen LogP contribution in [-0.2, 0) is 0 Å². The van der Waals surface area contributed by atoms with Gasteiger partial charge in [0.25, 0.3) is 0 Å². The average Bonchev–Trinajstić information content (AvgIpc) is 2.55. The number of hydrogen-bond donors (Lipinski definition) is 0. The van der Waals surface area contributed by atoms with Gasteiger partial charge in [0, 0.05) is 5.38 Å². The molecule has 0 nitrogen and oxygen atoms in total. The Morgan fingerprint density at radius 3 is 1.76 bits per heavy atom. The van der Waals surface area contributed by atoms with E-state index in [1.165, 1.54) is 89.9 Å². The summed E-state index contributed by atoms with van der Waals surface area (Å²) >= 11 is 6.34.